The minimum atomic E-state index is -0.979. The molecule has 0 saturated carbocycles. The largest absolute Gasteiger partial charge is 0.549 e. The molecule has 0 aliphatic carbocycles. The van der Waals surface area contributed by atoms with E-state index in [0.29, 0.717) is 6.42 Å². The molecule has 2 heteroatoms. The zero-order chi connectivity index (χ0) is 9.68. The number of carbonyl (C=O) groups is 1. The van der Waals surface area contributed by atoms with Crippen LogP contribution in [0.25, 0.3) is 0 Å². The fraction of sp³-hybridized carbons (Fsp3) is 0.364. The highest BCUT2D eigenvalue weighted by Crippen LogP contribution is 2.19. The van der Waals surface area contributed by atoms with Crippen molar-refractivity contribution in [2.45, 2.75) is 25.7 Å². The Bertz CT molecular complexity index is 267. The lowest BCUT2D eigenvalue weighted by Gasteiger charge is -2.17. The zero-order valence-electron chi connectivity index (χ0n) is 7.69. The Morgan fingerprint density at radius 1 is 1.38 bits per heavy atom. The third-order valence-electron chi connectivity index (χ3n) is 2.06. The van der Waals surface area contributed by atoms with E-state index >= 15 is 0 Å². The first-order valence-electron chi connectivity index (χ1n) is 4.51. The van der Waals surface area contributed by atoms with Crippen molar-refractivity contribution in [3.8, 4) is 0 Å². The molecular weight excluding hydrogens is 164 g/mol. The molecule has 0 N–H and O–H groups in total. The van der Waals surface area contributed by atoms with E-state index in [0.717, 1.165) is 12.0 Å². The van der Waals surface area contributed by atoms with Crippen molar-refractivity contribution in [3.05, 3.63) is 35.9 Å². The van der Waals surface area contributed by atoms with Crippen LogP contribution in [0.5, 0.6) is 0 Å². The van der Waals surface area contributed by atoms with Gasteiger partial charge in [0, 0.05) is 11.9 Å². The summed E-state index contributed by atoms with van der Waals surface area (Å²) in [6.45, 7) is 1.97. The highest BCUT2D eigenvalue weighted by atomic mass is 16.4. The molecule has 1 aromatic rings. The average molecular weight is 177 g/mol. The number of benzene rings is 1. The Kier molecular flexibility index (Phi) is 3.50. The molecule has 0 aromatic heterocycles. The van der Waals surface area contributed by atoms with Gasteiger partial charge >= 0.3 is 0 Å². The topological polar surface area (TPSA) is 40.1 Å². The number of aliphatic carboxylic acids is 1. The molecule has 0 fully saturated rings. The molecule has 0 spiro atoms. The number of hydrogen-bond acceptors (Lipinski definition) is 2. The van der Waals surface area contributed by atoms with Gasteiger partial charge in [0.15, 0.2) is 0 Å². The van der Waals surface area contributed by atoms with E-state index in [4.69, 9.17) is 0 Å². The van der Waals surface area contributed by atoms with Gasteiger partial charge in [-0.1, -0.05) is 43.7 Å². The normalized spacial score (nSPS) is 12.4. The number of rotatable bonds is 4. The van der Waals surface area contributed by atoms with Gasteiger partial charge in [0.25, 0.3) is 0 Å². The van der Waals surface area contributed by atoms with E-state index < -0.39 is 11.9 Å². The van der Waals surface area contributed by atoms with Crippen LogP contribution in [0.3, 0.4) is 0 Å². The Hall–Kier alpha value is -1.31. The fourth-order valence-corrected chi connectivity index (χ4v) is 1.39. The van der Waals surface area contributed by atoms with Crippen molar-refractivity contribution >= 4 is 5.97 Å². The SMILES string of the molecule is CCC[C@@H](C(=O)[O-])c1ccccc1. The van der Waals surface area contributed by atoms with Gasteiger partial charge < -0.3 is 9.90 Å². The second-order valence-corrected chi connectivity index (χ2v) is 3.07. The Morgan fingerprint density at radius 3 is 2.46 bits per heavy atom. The van der Waals surface area contributed by atoms with Gasteiger partial charge in [-0.3, -0.25) is 0 Å². The molecule has 0 radical (unpaired) electrons. The van der Waals surface area contributed by atoms with Crippen LogP contribution in [0.4, 0.5) is 0 Å². The molecule has 70 valence electrons. The standard InChI is InChI=1S/C11H14O2/c1-2-6-10(11(12)13)9-7-4-3-5-8-9/h3-5,7-8,10H,2,6H2,1H3,(H,12,13)/p-1/t10-/m1/s1. The van der Waals surface area contributed by atoms with Crippen molar-refractivity contribution in [3.63, 3.8) is 0 Å². The van der Waals surface area contributed by atoms with Crippen molar-refractivity contribution in [1.29, 1.82) is 0 Å². The monoisotopic (exact) mass is 177 g/mol. The summed E-state index contributed by atoms with van der Waals surface area (Å²) in [5, 5.41) is 10.8. The first kappa shape index (κ1) is 9.78. The molecule has 0 aliphatic heterocycles. The van der Waals surface area contributed by atoms with E-state index in [-0.39, 0.29) is 0 Å². The van der Waals surface area contributed by atoms with Crippen molar-refractivity contribution < 1.29 is 9.90 Å². The number of hydrogen-bond donors (Lipinski definition) is 0. The second kappa shape index (κ2) is 4.65. The lowest BCUT2D eigenvalue weighted by atomic mass is 9.95. The van der Waals surface area contributed by atoms with Gasteiger partial charge in [0.1, 0.15) is 0 Å². The van der Waals surface area contributed by atoms with Crippen LogP contribution in [-0.2, 0) is 4.79 Å². The highest BCUT2D eigenvalue weighted by Gasteiger charge is 2.10. The molecule has 13 heavy (non-hydrogen) atoms. The summed E-state index contributed by atoms with van der Waals surface area (Å²) in [5.41, 5.74) is 0.837. The first-order chi connectivity index (χ1) is 6.25. The van der Waals surface area contributed by atoms with Crippen molar-refractivity contribution in [2.75, 3.05) is 0 Å². The Balaban J connectivity index is 2.82. The predicted molar refractivity (Wildman–Crippen MR) is 49.1 cm³/mol. The summed E-state index contributed by atoms with van der Waals surface area (Å²) in [4.78, 5) is 10.8. The van der Waals surface area contributed by atoms with E-state index in [1.54, 1.807) is 0 Å². The number of carbonyl (C=O) groups excluding carboxylic acids is 1. The molecule has 1 aromatic carbocycles. The van der Waals surface area contributed by atoms with E-state index in [2.05, 4.69) is 0 Å². The molecule has 0 bridgehead atoms. The summed E-state index contributed by atoms with van der Waals surface area (Å²) in [6, 6.07) is 9.23. The molecular formula is C11H13O2-. The van der Waals surface area contributed by atoms with Gasteiger partial charge in [-0.05, 0) is 12.0 Å². The maximum absolute atomic E-state index is 10.8. The van der Waals surface area contributed by atoms with Gasteiger partial charge in [0.2, 0.25) is 0 Å². The van der Waals surface area contributed by atoms with Gasteiger partial charge in [-0.15, -0.1) is 0 Å². The van der Waals surface area contributed by atoms with Crippen molar-refractivity contribution in [1.82, 2.24) is 0 Å². The van der Waals surface area contributed by atoms with Gasteiger partial charge in [-0.25, -0.2) is 0 Å². The molecule has 1 atom stereocenters. The van der Waals surface area contributed by atoms with Gasteiger partial charge in [-0.2, -0.15) is 0 Å². The average Bonchev–Trinajstić information content (AvgIpc) is 2.15. The van der Waals surface area contributed by atoms with Crippen LogP contribution in [0.1, 0.15) is 31.2 Å². The Morgan fingerprint density at radius 2 is 2.00 bits per heavy atom. The summed E-state index contributed by atoms with van der Waals surface area (Å²) < 4.78 is 0. The smallest absolute Gasteiger partial charge is 0.0489 e. The molecule has 0 saturated heterocycles. The van der Waals surface area contributed by atoms with Crippen LogP contribution in [0.15, 0.2) is 30.3 Å². The predicted octanol–water partition coefficient (Wildman–Crippen LogP) is 1.32. The van der Waals surface area contributed by atoms with Gasteiger partial charge in [0.05, 0.1) is 0 Å². The number of carboxylic acids is 1. The van der Waals surface area contributed by atoms with Crippen molar-refractivity contribution in [2.24, 2.45) is 0 Å². The fourth-order valence-electron chi connectivity index (χ4n) is 1.39. The lowest BCUT2D eigenvalue weighted by Crippen LogP contribution is -2.29. The van der Waals surface area contributed by atoms with Crippen LogP contribution in [0.2, 0.25) is 0 Å². The summed E-state index contributed by atoms with van der Waals surface area (Å²) >= 11 is 0. The number of carboxylic acid groups (broad SMARTS) is 1. The van der Waals surface area contributed by atoms with E-state index in [9.17, 15) is 9.90 Å². The molecule has 0 unspecified atom stereocenters. The summed E-state index contributed by atoms with van der Waals surface area (Å²) in [6.07, 6.45) is 1.50. The van der Waals surface area contributed by atoms with Crippen LogP contribution < -0.4 is 5.11 Å². The molecule has 1 rings (SSSR count). The minimum absolute atomic E-state index is 0.453. The van der Waals surface area contributed by atoms with Crippen LogP contribution in [0, 0.1) is 0 Å². The summed E-state index contributed by atoms with van der Waals surface area (Å²) in [7, 11) is 0. The highest BCUT2D eigenvalue weighted by molar-refractivity contribution is 5.73. The van der Waals surface area contributed by atoms with Crippen LogP contribution in [-0.4, -0.2) is 5.97 Å². The minimum Gasteiger partial charge on any atom is -0.549 e. The third kappa shape index (κ3) is 2.58. The maximum atomic E-state index is 10.8. The zero-order valence-corrected chi connectivity index (χ0v) is 7.69. The molecule has 2 nitrogen and oxygen atoms in total. The van der Waals surface area contributed by atoms with E-state index in [1.807, 2.05) is 37.3 Å². The molecule has 0 amide bonds. The maximum Gasteiger partial charge on any atom is 0.0489 e. The second-order valence-electron chi connectivity index (χ2n) is 3.07. The van der Waals surface area contributed by atoms with Crippen LogP contribution >= 0.6 is 0 Å². The Labute approximate surface area is 78.2 Å². The first-order valence-corrected chi connectivity index (χ1v) is 4.51. The quantitative estimate of drug-likeness (QED) is 0.695. The lowest BCUT2D eigenvalue weighted by molar-refractivity contribution is -0.308. The summed E-state index contributed by atoms with van der Waals surface area (Å²) in [5.74, 6) is -1.43. The third-order valence-corrected chi connectivity index (χ3v) is 2.06. The van der Waals surface area contributed by atoms with E-state index in [1.165, 1.54) is 0 Å². The molecule has 0 aliphatic rings. The molecule has 0 heterocycles.